The Balaban J connectivity index is 2.74. The minimum Gasteiger partial charge on any atom is -0.397 e. The van der Waals surface area contributed by atoms with Crippen molar-refractivity contribution in [1.82, 2.24) is 4.72 Å². The van der Waals surface area contributed by atoms with Crippen LogP contribution in [0, 0.1) is 0 Å². The molecule has 0 aliphatic heterocycles. The Morgan fingerprint density at radius 1 is 1.13 bits per heavy atom. The molecular formula is C16H19N3O3S. The average molecular weight is 333 g/mol. The summed E-state index contributed by atoms with van der Waals surface area (Å²) in [6.07, 6.45) is 0. The summed E-state index contributed by atoms with van der Waals surface area (Å²) in [5.41, 5.74) is 6.90. The first kappa shape index (κ1) is 17.0. The zero-order valence-corrected chi connectivity index (χ0v) is 13.8. The van der Waals surface area contributed by atoms with Crippen LogP contribution in [0.2, 0.25) is 0 Å². The summed E-state index contributed by atoms with van der Waals surface area (Å²) in [6, 6.07) is 11.5. The van der Waals surface area contributed by atoms with Crippen LogP contribution in [0.3, 0.4) is 0 Å². The molecule has 0 amide bonds. The molecule has 0 saturated carbocycles. The van der Waals surface area contributed by atoms with E-state index in [0.29, 0.717) is 12.1 Å². The Kier molecular flexibility index (Phi) is 5.02. The number of benzene rings is 2. The molecule has 0 spiro atoms. The number of hydrogen-bond donors (Lipinski definition) is 3. The van der Waals surface area contributed by atoms with Crippen molar-refractivity contribution in [3.63, 3.8) is 0 Å². The third-order valence-electron chi connectivity index (χ3n) is 3.36. The van der Waals surface area contributed by atoms with E-state index < -0.39 is 10.0 Å². The fraction of sp³-hybridized carbons (Fsp3) is 0.188. The molecule has 122 valence electrons. The summed E-state index contributed by atoms with van der Waals surface area (Å²) < 4.78 is 27.1. The Morgan fingerprint density at radius 2 is 1.78 bits per heavy atom. The molecule has 4 N–H and O–H groups in total. The van der Waals surface area contributed by atoms with Gasteiger partial charge in [-0.1, -0.05) is 30.3 Å². The van der Waals surface area contributed by atoms with Crippen molar-refractivity contribution in [3.05, 3.63) is 53.6 Å². The van der Waals surface area contributed by atoms with E-state index in [1.807, 2.05) is 6.92 Å². The van der Waals surface area contributed by atoms with Crippen molar-refractivity contribution in [2.75, 3.05) is 24.6 Å². The Hall–Kier alpha value is -2.38. The molecule has 0 bridgehead atoms. The highest BCUT2D eigenvalue weighted by Gasteiger charge is 2.27. The van der Waals surface area contributed by atoms with Gasteiger partial charge in [0.15, 0.2) is 5.78 Å². The van der Waals surface area contributed by atoms with Gasteiger partial charge >= 0.3 is 0 Å². The standard InChI is InChI=1S/C16H19N3O3S/c1-3-19-14-13(17)10-9-12(16(14)23(21,22)18-2)15(20)11-7-5-4-6-8-11/h4-10,18-19H,3,17H2,1-2H3. The predicted molar refractivity (Wildman–Crippen MR) is 91.1 cm³/mol. The third kappa shape index (κ3) is 3.35. The zero-order valence-electron chi connectivity index (χ0n) is 13.0. The van der Waals surface area contributed by atoms with Gasteiger partial charge in [-0.2, -0.15) is 0 Å². The summed E-state index contributed by atoms with van der Waals surface area (Å²) in [5.74, 6) is -0.376. The highest BCUT2D eigenvalue weighted by atomic mass is 32.2. The fourth-order valence-corrected chi connectivity index (χ4v) is 3.38. The van der Waals surface area contributed by atoms with Gasteiger partial charge < -0.3 is 11.1 Å². The number of nitrogens with one attached hydrogen (secondary N) is 2. The first-order valence-corrected chi connectivity index (χ1v) is 8.60. The number of nitrogen functional groups attached to an aromatic ring is 1. The average Bonchev–Trinajstić information content (AvgIpc) is 2.56. The first-order valence-electron chi connectivity index (χ1n) is 7.12. The minimum absolute atomic E-state index is 0.0794. The van der Waals surface area contributed by atoms with Gasteiger partial charge in [0.25, 0.3) is 0 Å². The highest BCUT2D eigenvalue weighted by Crippen LogP contribution is 2.32. The van der Waals surface area contributed by atoms with Gasteiger partial charge in [-0.15, -0.1) is 0 Å². The minimum atomic E-state index is -3.87. The number of anilines is 2. The second-order valence-corrected chi connectivity index (χ2v) is 6.66. The van der Waals surface area contributed by atoms with E-state index in [9.17, 15) is 13.2 Å². The molecule has 0 aliphatic rings. The molecule has 0 aliphatic carbocycles. The van der Waals surface area contributed by atoms with Gasteiger partial charge in [0, 0.05) is 17.7 Å². The van der Waals surface area contributed by atoms with E-state index in [2.05, 4.69) is 10.0 Å². The first-order chi connectivity index (χ1) is 10.9. The number of carbonyl (C=O) groups is 1. The number of carbonyl (C=O) groups excluding carboxylic acids is 1. The van der Waals surface area contributed by atoms with Crippen molar-refractivity contribution < 1.29 is 13.2 Å². The highest BCUT2D eigenvalue weighted by molar-refractivity contribution is 7.89. The van der Waals surface area contributed by atoms with Crippen LogP contribution in [0.1, 0.15) is 22.8 Å². The summed E-state index contributed by atoms with van der Waals surface area (Å²) in [6.45, 7) is 2.29. The molecule has 0 radical (unpaired) electrons. The number of nitrogens with two attached hydrogens (primary N) is 1. The smallest absolute Gasteiger partial charge is 0.243 e. The van der Waals surface area contributed by atoms with Crippen LogP contribution in [0.5, 0.6) is 0 Å². The van der Waals surface area contributed by atoms with E-state index >= 15 is 0 Å². The zero-order chi connectivity index (χ0) is 17.0. The van der Waals surface area contributed by atoms with Gasteiger partial charge in [-0.3, -0.25) is 4.79 Å². The van der Waals surface area contributed by atoms with E-state index in [-0.39, 0.29) is 27.6 Å². The van der Waals surface area contributed by atoms with Crippen molar-refractivity contribution in [2.24, 2.45) is 0 Å². The van der Waals surface area contributed by atoms with Crippen LogP contribution >= 0.6 is 0 Å². The molecule has 0 unspecified atom stereocenters. The summed E-state index contributed by atoms with van der Waals surface area (Å²) in [7, 11) is -2.57. The van der Waals surface area contributed by atoms with Gasteiger partial charge in [0.05, 0.1) is 11.4 Å². The predicted octanol–water partition coefficient (Wildman–Crippen LogP) is 1.84. The molecule has 0 fully saturated rings. The van der Waals surface area contributed by atoms with Gasteiger partial charge in [-0.25, -0.2) is 13.1 Å². The maximum Gasteiger partial charge on any atom is 0.243 e. The van der Waals surface area contributed by atoms with E-state index in [1.165, 1.54) is 19.2 Å². The monoisotopic (exact) mass is 333 g/mol. The molecular weight excluding hydrogens is 314 g/mol. The van der Waals surface area contributed by atoms with Crippen molar-refractivity contribution in [1.29, 1.82) is 0 Å². The Labute approximate surface area is 135 Å². The lowest BCUT2D eigenvalue weighted by atomic mass is 10.0. The largest absolute Gasteiger partial charge is 0.397 e. The van der Waals surface area contributed by atoms with E-state index in [0.717, 1.165) is 0 Å². The molecule has 0 saturated heterocycles. The second-order valence-electron chi connectivity index (χ2n) is 4.84. The number of sulfonamides is 1. The molecule has 2 aromatic carbocycles. The van der Waals surface area contributed by atoms with E-state index in [1.54, 1.807) is 30.3 Å². The molecule has 23 heavy (non-hydrogen) atoms. The SMILES string of the molecule is CCNc1c(N)ccc(C(=O)c2ccccc2)c1S(=O)(=O)NC. The van der Waals surface area contributed by atoms with Crippen molar-refractivity contribution in [3.8, 4) is 0 Å². The molecule has 6 nitrogen and oxygen atoms in total. The van der Waals surface area contributed by atoms with E-state index in [4.69, 9.17) is 5.73 Å². The number of hydrogen-bond acceptors (Lipinski definition) is 5. The quantitative estimate of drug-likeness (QED) is 0.553. The van der Waals surface area contributed by atoms with Crippen LogP contribution in [0.4, 0.5) is 11.4 Å². The van der Waals surface area contributed by atoms with Gasteiger partial charge in [0.1, 0.15) is 4.90 Å². The summed E-state index contributed by atoms with van der Waals surface area (Å²) >= 11 is 0. The molecule has 0 heterocycles. The van der Waals surface area contributed by atoms with Crippen molar-refractivity contribution in [2.45, 2.75) is 11.8 Å². The van der Waals surface area contributed by atoms with Gasteiger partial charge in [0.2, 0.25) is 10.0 Å². The molecule has 7 heteroatoms. The lowest BCUT2D eigenvalue weighted by Gasteiger charge is -2.17. The van der Waals surface area contributed by atoms with Crippen LogP contribution in [0.15, 0.2) is 47.4 Å². The summed E-state index contributed by atoms with van der Waals surface area (Å²) in [5, 5.41) is 2.94. The molecule has 2 aromatic rings. The second kappa shape index (κ2) is 6.80. The number of rotatable bonds is 6. The lowest BCUT2D eigenvalue weighted by Crippen LogP contribution is -2.24. The summed E-state index contributed by atoms with van der Waals surface area (Å²) in [4.78, 5) is 12.6. The van der Waals surface area contributed by atoms with Crippen LogP contribution in [-0.4, -0.2) is 27.8 Å². The topological polar surface area (TPSA) is 101 Å². The Morgan fingerprint density at radius 3 is 2.35 bits per heavy atom. The lowest BCUT2D eigenvalue weighted by molar-refractivity contribution is 0.103. The third-order valence-corrected chi connectivity index (χ3v) is 4.86. The van der Waals surface area contributed by atoms with Crippen LogP contribution in [0.25, 0.3) is 0 Å². The molecule has 0 atom stereocenters. The Bertz CT molecular complexity index is 818. The molecule has 2 rings (SSSR count). The van der Waals surface area contributed by atoms with Crippen LogP contribution < -0.4 is 15.8 Å². The van der Waals surface area contributed by atoms with Crippen LogP contribution in [-0.2, 0) is 10.0 Å². The van der Waals surface area contributed by atoms with Crippen molar-refractivity contribution >= 4 is 27.2 Å². The van der Waals surface area contributed by atoms with Gasteiger partial charge in [-0.05, 0) is 26.1 Å². The maximum absolute atomic E-state index is 12.7. The molecule has 0 aromatic heterocycles. The maximum atomic E-state index is 12.7. The number of ketones is 1. The fourth-order valence-electron chi connectivity index (χ4n) is 2.26. The normalized spacial score (nSPS) is 11.2.